The molecule has 0 amide bonds. The highest BCUT2D eigenvalue weighted by Gasteiger charge is 2.20. The lowest BCUT2D eigenvalue weighted by Crippen LogP contribution is -2.02. The standard InChI is InChI=1S/C21H22N4OS/c1-4-14(2)27-21-24-23-20(18-13-22-19-11-6-5-10-17(18)19)25(21)15-8-7-9-16(12-15)26-3/h5-14,22H,4H2,1-3H3. The smallest absolute Gasteiger partial charge is 0.196 e. The molecule has 0 aliphatic heterocycles. The quantitative estimate of drug-likeness (QED) is 0.462. The predicted octanol–water partition coefficient (Wildman–Crippen LogP) is 5.31. The molecule has 1 N–H and O–H groups in total. The van der Waals surface area contributed by atoms with Crippen molar-refractivity contribution < 1.29 is 4.74 Å². The van der Waals surface area contributed by atoms with Gasteiger partial charge < -0.3 is 9.72 Å². The van der Waals surface area contributed by atoms with E-state index in [-0.39, 0.29) is 0 Å². The number of aromatic nitrogens is 4. The summed E-state index contributed by atoms with van der Waals surface area (Å²) in [5.74, 6) is 1.64. The maximum absolute atomic E-state index is 5.43. The fourth-order valence-electron chi connectivity index (χ4n) is 3.02. The number of para-hydroxylation sites is 1. The Hall–Kier alpha value is -2.73. The van der Waals surface area contributed by atoms with E-state index in [1.165, 1.54) is 0 Å². The van der Waals surface area contributed by atoms with E-state index in [4.69, 9.17) is 4.74 Å². The van der Waals surface area contributed by atoms with Crippen molar-refractivity contribution in [1.29, 1.82) is 0 Å². The van der Waals surface area contributed by atoms with Crippen LogP contribution in [0, 0.1) is 0 Å². The fourth-order valence-corrected chi connectivity index (χ4v) is 3.93. The number of methoxy groups -OCH3 is 1. The molecule has 1 atom stereocenters. The van der Waals surface area contributed by atoms with Crippen LogP contribution in [0.2, 0.25) is 0 Å². The number of hydrogen-bond acceptors (Lipinski definition) is 4. The molecule has 0 aliphatic rings. The molecule has 2 aromatic carbocycles. The molecule has 0 saturated heterocycles. The number of rotatable bonds is 6. The number of nitrogens with zero attached hydrogens (tertiary/aromatic N) is 3. The van der Waals surface area contributed by atoms with Gasteiger partial charge in [-0.05, 0) is 24.6 Å². The molecule has 0 aliphatic carbocycles. The van der Waals surface area contributed by atoms with Gasteiger partial charge in [-0.15, -0.1) is 10.2 Å². The van der Waals surface area contributed by atoms with E-state index in [0.717, 1.165) is 45.3 Å². The van der Waals surface area contributed by atoms with Crippen molar-refractivity contribution in [3.05, 3.63) is 54.7 Å². The summed E-state index contributed by atoms with van der Waals surface area (Å²) < 4.78 is 7.55. The second-order valence-corrected chi connectivity index (χ2v) is 7.83. The van der Waals surface area contributed by atoms with Gasteiger partial charge in [-0.1, -0.05) is 49.9 Å². The van der Waals surface area contributed by atoms with Crippen LogP contribution in [0.5, 0.6) is 5.75 Å². The van der Waals surface area contributed by atoms with E-state index >= 15 is 0 Å². The Labute approximate surface area is 162 Å². The van der Waals surface area contributed by atoms with Crippen molar-refractivity contribution in [3.8, 4) is 22.8 Å². The van der Waals surface area contributed by atoms with Crippen LogP contribution in [0.4, 0.5) is 0 Å². The molecule has 138 valence electrons. The zero-order chi connectivity index (χ0) is 18.8. The minimum Gasteiger partial charge on any atom is -0.497 e. The normalized spacial score (nSPS) is 12.4. The first-order valence-electron chi connectivity index (χ1n) is 9.04. The van der Waals surface area contributed by atoms with Crippen LogP contribution in [0.3, 0.4) is 0 Å². The van der Waals surface area contributed by atoms with Gasteiger partial charge in [-0.2, -0.15) is 0 Å². The number of thioether (sulfide) groups is 1. The Morgan fingerprint density at radius 2 is 2.00 bits per heavy atom. The summed E-state index contributed by atoms with van der Waals surface area (Å²) >= 11 is 1.74. The van der Waals surface area contributed by atoms with Crippen LogP contribution >= 0.6 is 11.8 Å². The third-order valence-electron chi connectivity index (χ3n) is 4.66. The Morgan fingerprint density at radius 1 is 1.15 bits per heavy atom. The van der Waals surface area contributed by atoms with Crippen LogP contribution in [0.1, 0.15) is 20.3 Å². The molecule has 4 aromatic rings. The monoisotopic (exact) mass is 378 g/mol. The van der Waals surface area contributed by atoms with Gasteiger partial charge in [0.15, 0.2) is 11.0 Å². The van der Waals surface area contributed by atoms with Gasteiger partial charge >= 0.3 is 0 Å². The van der Waals surface area contributed by atoms with Gasteiger partial charge in [0.25, 0.3) is 0 Å². The van der Waals surface area contributed by atoms with Gasteiger partial charge in [0, 0.05) is 34.0 Å². The molecule has 0 radical (unpaired) electrons. The van der Waals surface area contributed by atoms with Crippen molar-refractivity contribution in [3.63, 3.8) is 0 Å². The van der Waals surface area contributed by atoms with Crippen molar-refractivity contribution in [2.75, 3.05) is 7.11 Å². The molecular formula is C21H22N4OS. The van der Waals surface area contributed by atoms with E-state index in [1.807, 2.05) is 36.5 Å². The number of nitrogens with one attached hydrogen (secondary N) is 1. The highest BCUT2D eigenvalue weighted by molar-refractivity contribution is 7.99. The lowest BCUT2D eigenvalue weighted by Gasteiger charge is -2.13. The number of benzene rings is 2. The van der Waals surface area contributed by atoms with Crippen molar-refractivity contribution in [2.45, 2.75) is 30.7 Å². The molecule has 5 nitrogen and oxygen atoms in total. The first-order valence-corrected chi connectivity index (χ1v) is 9.92. The molecule has 2 aromatic heterocycles. The predicted molar refractivity (Wildman–Crippen MR) is 111 cm³/mol. The maximum Gasteiger partial charge on any atom is 0.196 e. The maximum atomic E-state index is 5.43. The summed E-state index contributed by atoms with van der Waals surface area (Å²) in [5.41, 5.74) is 3.12. The highest BCUT2D eigenvalue weighted by atomic mass is 32.2. The van der Waals surface area contributed by atoms with Gasteiger partial charge in [0.2, 0.25) is 0 Å². The summed E-state index contributed by atoms with van der Waals surface area (Å²) in [4.78, 5) is 3.34. The van der Waals surface area contributed by atoms with Gasteiger partial charge in [-0.25, -0.2) is 0 Å². The topological polar surface area (TPSA) is 55.7 Å². The Kier molecular flexibility index (Phi) is 4.90. The summed E-state index contributed by atoms with van der Waals surface area (Å²) in [6, 6.07) is 16.3. The third-order valence-corrected chi connectivity index (χ3v) is 5.87. The molecule has 6 heteroatoms. The van der Waals surface area contributed by atoms with Crippen LogP contribution in [-0.2, 0) is 0 Å². The van der Waals surface area contributed by atoms with Gasteiger partial charge in [0.1, 0.15) is 5.75 Å². The zero-order valence-corrected chi connectivity index (χ0v) is 16.5. The van der Waals surface area contributed by atoms with E-state index in [2.05, 4.69) is 51.8 Å². The minimum absolute atomic E-state index is 0.453. The second-order valence-electron chi connectivity index (χ2n) is 6.43. The van der Waals surface area contributed by atoms with Gasteiger partial charge in [-0.3, -0.25) is 4.57 Å². The molecule has 4 rings (SSSR count). The third kappa shape index (κ3) is 3.32. The lowest BCUT2D eigenvalue weighted by molar-refractivity contribution is 0.414. The number of ether oxygens (including phenoxy) is 1. The van der Waals surface area contributed by atoms with Crippen LogP contribution in [0.25, 0.3) is 28.0 Å². The summed E-state index contributed by atoms with van der Waals surface area (Å²) in [5, 5.41) is 11.6. The molecule has 27 heavy (non-hydrogen) atoms. The average molecular weight is 379 g/mol. The first kappa shape index (κ1) is 17.7. The van der Waals surface area contributed by atoms with E-state index < -0.39 is 0 Å². The van der Waals surface area contributed by atoms with Crippen molar-refractivity contribution in [2.24, 2.45) is 0 Å². The average Bonchev–Trinajstić information content (AvgIpc) is 3.31. The fraction of sp³-hybridized carbons (Fsp3) is 0.238. The number of aromatic amines is 1. The Bertz CT molecular complexity index is 1070. The van der Waals surface area contributed by atoms with Gasteiger partial charge in [0.05, 0.1) is 12.8 Å². The molecule has 0 fully saturated rings. The molecular weight excluding hydrogens is 356 g/mol. The van der Waals surface area contributed by atoms with Crippen LogP contribution < -0.4 is 4.74 Å². The van der Waals surface area contributed by atoms with Crippen molar-refractivity contribution >= 4 is 22.7 Å². The summed E-state index contributed by atoms with van der Waals surface area (Å²) in [6.07, 6.45) is 3.07. The molecule has 0 spiro atoms. The zero-order valence-electron chi connectivity index (χ0n) is 15.6. The molecule has 0 bridgehead atoms. The second kappa shape index (κ2) is 7.48. The highest BCUT2D eigenvalue weighted by Crippen LogP contribution is 2.34. The molecule has 2 heterocycles. The van der Waals surface area contributed by atoms with Crippen molar-refractivity contribution in [1.82, 2.24) is 19.7 Å². The first-order chi connectivity index (χ1) is 13.2. The molecule has 1 unspecified atom stereocenters. The van der Waals surface area contributed by atoms with Crippen LogP contribution in [-0.4, -0.2) is 32.1 Å². The van der Waals surface area contributed by atoms with E-state index in [1.54, 1.807) is 18.9 Å². The largest absolute Gasteiger partial charge is 0.497 e. The van der Waals surface area contributed by atoms with E-state index in [9.17, 15) is 0 Å². The summed E-state index contributed by atoms with van der Waals surface area (Å²) in [6.45, 7) is 4.39. The number of fused-ring (bicyclic) bond motifs is 1. The lowest BCUT2D eigenvalue weighted by atomic mass is 10.1. The minimum atomic E-state index is 0.453. The number of H-pyrrole nitrogens is 1. The molecule has 0 saturated carbocycles. The Balaban J connectivity index is 1.91. The van der Waals surface area contributed by atoms with Crippen LogP contribution in [0.15, 0.2) is 59.9 Å². The van der Waals surface area contributed by atoms with E-state index in [0.29, 0.717) is 5.25 Å². The number of hydrogen-bond donors (Lipinski definition) is 1. The Morgan fingerprint density at radius 3 is 2.81 bits per heavy atom. The summed E-state index contributed by atoms with van der Waals surface area (Å²) in [7, 11) is 1.68. The SMILES string of the molecule is CCC(C)Sc1nnc(-c2c[nH]c3ccccc23)n1-c1cccc(OC)c1.